The first-order chi connectivity index (χ1) is 11.7. The van der Waals surface area contributed by atoms with E-state index >= 15 is 0 Å². The SMILES string of the molecule is COC(=O)c1ccc(OCc2nnc(-c3ccccc3)o2)c(Br)c1. The van der Waals surface area contributed by atoms with Gasteiger partial charge in [0.25, 0.3) is 5.89 Å². The minimum atomic E-state index is -0.411. The summed E-state index contributed by atoms with van der Waals surface area (Å²) in [5.41, 5.74) is 1.28. The van der Waals surface area contributed by atoms with E-state index in [-0.39, 0.29) is 6.61 Å². The average molecular weight is 389 g/mol. The normalized spacial score (nSPS) is 10.4. The summed E-state index contributed by atoms with van der Waals surface area (Å²) in [7, 11) is 1.33. The van der Waals surface area contributed by atoms with E-state index in [0.29, 0.717) is 27.6 Å². The zero-order valence-electron chi connectivity index (χ0n) is 12.7. The fourth-order valence-electron chi connectivity index (χ4n) is 2.01. The number of rotatable bonds is 5. The quantitative estimate of drug-likeness (QED) is 0.617. The largest absolute Gasteiger partial charge is 0.483 e. The highest BCUT2D eigenvalue weighted by Crippen LogP contribution is 2.27. The Morgan fingerprint density at radius 3 is 2.67 bits per heavy atom. The molecule has 0 fully saturated rings. The smallest absolute Gasteiger partial charge is 0.337 e. The summed E-state index contributed by atoms with van der Waals surface area (Å²) in [6, 6.07) is 14.4. The van der Waals surface area contributed by atoms with Crippen LogP contribution in [0.25, 0.3) is 11.5 Å². The molecule has 0 saturated heterocycles. The van der Waals surface area contributed by atoms with E-state index in [0.717, 1.165) is 5.56 Å². The number of carbonyl (C=O) groups is 1. The van der Waals surface area contributed by atoms with Crippen molar-refractivity contribution in [1.82, 2.24) is 10.2 Å². The molecule has 122 valence electrons. The van der Waals surface area contributed by atoms with Crippen LogP contribution >= 0.6 is 15.9 Å². The molecule has 0 amide bonds. The van der Waals surface area contributed by atoms with Crippen LogP contribution in [0.2, 0.25) is 0 Å². The van der Waals surface area contributed by atoms with Crippen molar-refractivity contribution in [2.45, 2.75) is 6.61 Å². The maximum absolute atomic E-state index is 11.5. The van der Waals surface area contributed by atoms with Crippen molar-refractivity contribution in [2.24, 2.45) is 0 Å². The molecule has 3 aromatic rings. The van der Waals surface area contributed by atoms with E-state index in [4.69, 9.17) is 9.15 Å². The fourth-order valence-corrected chi connectivity index (χ4v) is 2.50. The number of halogens is 1. The van der Waals surface area contributed by atoms with Gasteiger partial charge < -0.3 is 13.9 Å². The Morgan fingerprint density at radius 2 is 1.96 bits per heavy atom. The summed E-state index contributed by atoms with van der Waals surface area (Å²) >= 11 is 3.36. The molecule has 3 rings (SSSR count). The molecule has 0 aliphatic carbocycles. The minimum Gasteiger partial charge on any atom is -0.483 e. The highest BCUT2D eigenvalue weighted by molar-refractivity contribution is 9.10. The van der Waals surface area contributed by atoms with Gasteiger partial charge in [-0.2, -0.15) is 0 Å². The van der Waals surface area contributed by atoms with E-state index in [1.54, 1.807) is 18.2 Å². The number of nitrogens with zero attached hydrogens (tertiary/aromatic N) is 2. The summed E-state index contributed by atoms with van der Waals surface area (Å²) < 4.78 is 16.5. The average Bonchev–Trinajstić information content (AvgIpc) is 3.09. The zero-order valence-corrected chi connectivity index (χ0v) is 14.3. The number of ether oxygens (including phenoxy) is 2. The van der Waals surface area contributed by atoms with Crippen LogP contribution in [-0.2, 0) is 11.3 Å². The zero-order chi connectivity index (χ0) is 16.9. The lowest BCUT2D eigenvalue weighted by Gasteiger charge is -2.07. The van der Waals surface area contributed by atoms with Crippen LogP contribution in [-0.4, -0.2) is 23.3 Å². The summed E-state index contributed by atoms with van der Waals surface area (Å²) in [6.07, 6.45) is 0. The van der Waals surface area contributed by atoms with Crippen LogP contribution in [0.4, 0.5) is 0 Å². The Balaban J connectivity index is 1.68. The van der Waals surface area contributed by atoms with Crippen molar-refractivity contribution < 1.29 is 18.7 Å². The molecule has 1 aromatic heterocycles. The van der Waals surface area contributed by atoms with Gasteiger partial charge in [0, 0.05) is 5.56 Å². The Bertz CT molecular complexity index is 849. The molecule has 6 nitrogen and oxygen atoms in total. The van der Waals surface area contributed by atoms with Crippen LogP contribution in [0, 0.1) is 0 Å². The number of hydrogen-bond donors (Lipinski definition) is 0. The highest BCUT2D eigenvalue weighted by Gasteiger charge is 2.12. The van der Waals surface area contributed by atoms with Gasteiger partial charge in [0.05, 0.1) is 17.1 Å². The first-order valence-corrected chi connectivity index (χ1v) is 7.85. The van der Waals surface area contributed by atoms with E-state index < -0.39 is 5.97 Å². The number of esters is 1. The van der Waals surface area contributed by atoms with E-state index in [1.807, 2.05) is 30.3 Å². The third-order valence-corrected chi connectivity index (χ3v) is 3.81. The van der Waals surface area contributed by atoms with Gasteiger partial charge in [-0.3, -0.25) is 0 Å². The van der Waals surface area contributed by atoms with Gasteiger partial charge in [-0.05, 0) is 46.3 Å². The number of methoxy groups -OCH3 is 1. The molecule has 1 heterocycles. The molecule has 0 saturated carbocycles. The van der Waals surface area contributed by atoms with Gasteiger partial charge in [0.1, 0.15) is 5.75 Å². The first kappa shape index (κ1) is 16.2. The summed E-state index contributed by atoms with van der Waals surface area (Å²) in [5, 5.41) is 7.97. The van der Waals surface area contributed by atoms with Crippen molar-refractivity contribution in [1.29, 1.82) is 0 Å². The van der Waals surface area contributed by atoms with Crippen LogP contribution in [0.15, 0.2) is 57.4 Å². The second-order valence-electron chi connectivity index (χ2n) is 4.79. The van der Waals surface area contributed by atoms with E-state index in [1.165, 1.54) is 7.11 Å². The maximum atomic E-state index is 11.5. The summed E-state index contributed by atoms with van der Waals surface area (Å²) in [4.78, 5) is 11.5. The molecule has 0 spiro atoms. The number of carbonyl (C=O) groups excluding carboxylic acids is 1. The van der Waals surface area contributed by atoms with Gasteiger partial charge >= 0.3 is 5.97 Å². The summed E-state index contributed by atoms with van der Waals surface area (Å²) in [5.74, 6) is 0.945. The molecule has 2 aromatic carbocycles. The van der Waals surface area contributed by atoms with Crippen molar-refractivity contribution in [2.75, 3.05) is 7.11 Å². The Hall–Kier alpha value is -2.67. The molecule has 24 heavy (non-hydrogen) atoms. The number of aromatic nitrogens is 2. The minimum absolute atomic E-state index is 0.121. The van der Waals surface area contributed by atoms with Gasteiger partial charge in [0.2, 0.25) is 5.89 Å². The van der Waals surface area contributed by atoms with Crippen molar-refractivity contribution in [3.63, 3.8) is 0 Å². The third kappa shape index (κ3) is 3.62. The predicted molar refractivity (Wildman–Crippen MR) is 89.5 cm³/mol. The molecule has 0 radical (unpaired) electrons. The molecule has 0 unspecified atom stereocenters. The van der Waals surface area contributed by atoms with Crippen molar-refractivity contribution in [3.05, 3.63) is 64.5 Å². The van der Waals surface area contributed by atoms with Gasteiger partial charge in [-0.15, -0.1) is 10.2 Å². The molecule has 7 heteroatoms. The summed E-state index contributed by atoms with van der Waals surface area (Å²) in [6.45, 7) is 0.121. The van der Waals surface area contributed by atoms with Crippen LogP contribution in [0.3, 0.4) is 0 Å². The van der Waals surface area contributed by atoms with Crippen molar-refractivity contribution >= 4 is 21.9 Å². The second-order valence-corrected chi connectivity index (χ2v) is 5.65. The van der Waals surface area contributed by atoms with Crippen LogP contribution < -0.4 is 4.74 Å². The predicted octanol–water partition coefficient (Wildman–Crippen LogP) is 3.86. The second kappa shape index (κ2) is 7.27. The third-order valence-electron chi connectivity index (χ3n) is 3.19. The standard InChI is InChI=1S/C17H13BrN2O4/c1-22-17(21)12-7-8-14(13(18)9-12)23-10-15-19-20-16(24-15)11-5-3-2-4-6-11/h2-9H,10H2,1H3. The maximum Gasteiger partial charge on any atom is 0.337 e. The fraction of sp³-hybridized carbons (Fsp3) is 0.118. The Kier molecular flexibility index (Phi) is 4.90. The topological polar surface area (TPSA) is 74.5 Å². The molecule has 0 atom stereocenters. The lowest BCUT2D eigenvalue weighted by Crippen LogP contribution is -2.02. The van der Waals surface area contributed by atoms with Crippen LogP contribution in [0.1, 0.15) is 16.2 Å². The molecule has 0 aliphatic heterocycles. The lowest BCUT2D eigenvalue weighted by molar-refractivity contribution is 0.0600. The number of hydrogen-bond acceptors (Lipinski definition) is 6. The molecule has 0 N–H and O–H groups in total. The van der Waals surface area contributed by atoms with Crippen molar-refractivity contribution in [3.8, 4) is 17.2 Å². The Morgan fingerprint density at radius 1 is 1.17 bits per heavy atom. The Labute approximate surface area is 146 Å². The van der Waals surface area contributed by atoms with Gasteiger partial charge in [0.15, 0.2) is 6.61 Å². The van der Waals surface area contributed by atoms with Gasteiger partial charge in [-0.1, -0.05) is 18.2 Å². The molecular formula is C17H13BrN2O4. The lowest BCUT2D eigenvalue weighted by atomic mass is 10.2. The monoisotopic (exact) mass is 388 g/mol. The molecule has 0 aliphatic rings. The molecular weight excluding hydrogens is 376 g/mol. The van der Waals surface area contributed by atoms with E-state index in [2.05, 4.69) is 30.9 Å². The molecule has 0 bridgehead atoms. The van der Waals surface area contributed by atoms with E-state index in [9.17, 15) is 4.79 Å². The van der Waals surface area contributed by atoms with Gasteiger partial charge in [-0.25, -0.2) is 4.79 Å². The first-order valence-electron chi connectivity index (χ1n) is 7.06. The number of benzene rings is 2. The highest BCUT2D eigenvalue weighted by atomic mass is 79.9. The van der Waals surface area contributed by atoms with Crippen LogP contribution in [0.5, 0.6) is 5.75 Å².